The number of likely N-dealkylation sites (N-methyl/N-ethyl adjacent to an activating group) is 1. The van der Waals surface area contributed by atoms with Crippen molar-refractivity contribution in [3.63, 3.8) is 0 Å². The van der Waals surface area contributed by atoms with Gasteiger partial charge in [0.05, 0.1) is 16.6 Å². The zero-order chi connectivity index (χ0) is 37.0. The second kappa shape index (κ2) is 13.6. The number of nitrogens with zero attached hydrogens (tertiary/aromatic N) is 8. The van der Waals surface area contributed by atoms with E-state index in [1.807, 2.05) is 18.9 Å². The van der Waals surface area contributed by atoms with E-state index in [2.05, 4.69) is 24.8 Å². The summed E-state index contributed by atoms with van der Waals surface area (Å²) in [5, 5.41) is 0.561. The first kappa shape index (κ1) is 34.8. The number of alkyl halides is 1. The minimum atomic E-state index is -1.10. The molecule has 3 aromatic heterocycles. The molecule has 5 aromatic rings. The van der Waals surface area contributed by atoms with E-state index in [4.69, 9.17) is 9.72 Å². The van der Waals surface area contributed by atoms with Gasteiger partial charge in [0.25, 0.3) is 0 Å². The predicted octanol–water partition coefficient (Wildman–Crippen LogP) is 6.37. The molecule has 0 spiro atoms. The number of amides is 1. The Labute approximate surface area is 303 Å². The quantitative estimate of drug-likeness (QED) is 0.133. The molecule has 0 aliphatic carbocycles. The fraction of sp³-hybridized carbons (Fsp3) is 0.385. The minimum Gasteiger partial charge on any atom is -0.461 e. The molecular weight excluding hydrogens is 688 g/mol. The summed E-state index contributed by atoms with van der Waals surface area (Å²) in [6.45, 7) is 5.75. The highest BCUT2D eigenvalue weighted by Gasteiger charge is 2.49. The van der Waals surface area contributed by atoms with E-state index in [0.29, 0.717) is 55.2 Å². The van der Waals surface area contributed by atoms with Crippen LogP contribution in [0.3, 0.4) is 0 Å². The van der Waals surface area contributed by atoms with E-state index in [-0.39, 0.29) is 52.1 Å². The van der Waals surface area contributed by atoms with Gasteiger partial charge >= 0.3 is 6.01 Å². The molecule has 0 saturated carbocycles. The average Bonchev–Trinajstić information content (AvgIpc) is 3.85. The van der Waals surface area contributed by atoms with Gasteiger partial charge in [-0.25, -0.2) is 27.5 Å². The molecule has 53 heavy (non-hydrogen) atoms. The van der Waals surface area contributed by atoms with E-state index in [1.54, 1.807) is 36.1 Å². The van der Waals surface area contributed by atoms with E-state index in [0.717, 1.165) is 31.1 Å². The van der Waals surface area contributed by atoms with Crippen molar-refractivity contribution >= 4 is 39.5 Å². The lowest BCUT2D eigenvalue weighted by atomic mass is 9.95. The SMILES string of the molecule is Cc1cc(/C=C/C(=O)N2CC[C@@H](N(C)c3nc(OC[C@@]45CCCN4C[C@H](F)C5)nc4c(F)c(-c5cccc6ccc(F)c(F)c56)ncc34)C2)nc(C)n1. The zero-order valence-corrected chi connectivity index (χ0v) is 29.6. The van der Waals surface area contributed by atoms with E-state index < -0.39 is 29.2 Å². The van der Waals surface area contributed by atoms with Crippen LogP contribution in [0.15, 0.2) is 48.7 Å². The number of carbonyl (C=O) groups is 1. The molecule has 1 amide bonds. The Kier molecular flexibility index (Phi) is 8.96. The van der Waals surface area contributed by atoms with Crippen LogP contribution in [0.5, 0.6) is 6.01 Å². The van der Waals surface area contributed by atoms with Crippen molar-refractivity contribution < 1.29 is 27.1 Å². The molecule has 3 saturated heterocycles. The van der Waals surface area contributed by atoms with Crippen molar-refractivity contribution in [1.29, 1.82) is 0 Å². The number of fused-ring (bicyclic) bond motifs is 3. The van der Waals surface area contributed by atoms with Crippen molar-refractivity contribution in [1.82, 2.24) is 34.7 Å². The standard InChI is InChI=1S/C39H38F4N8O2/c1-22-16-26(46-23(2)45-22)9-11-31(52)50-15-12-27(20-50)49(3)37-29-18-44-35(28-7-4-6-24-8-10-30(41)33(42)32(24)28)34(43)36(29)47-38(48-37)53-21-39-13-5-14-51(39)19-25(40)17-39/h4,6-11,16,18,25,27H,5,12-15,17,19-21H2,1-3H3/b11-9+/t25-,27-,39+/m1/s1. The molecule has 3 atom stereocenters. The van der Waals surface area contributed by atoms with Gasteiger partial charge in [0.1, 0.15) is 35.6 Å². The molecule has 2 aromatic carbocycles. The lowest BCUT2D eigenvalue weighted by Gasteiger charge is -2.31. The second-order valence-electron chi connectivity index (χ2n) is 14.3. The number of hydrogen-bond donors (Lipinski definition) is 0. The Morgan fingerprint density at radius 2 is 1.91 bits per heavy atom. The van der Waals surface area contributed by atoms with Crippen LogP contribution < -0.4 is 9.64 Å². The summed E-state index contributed by atoms with van der Waals surface area (Å²) in [7, 11) is 1.81. The van der Waals surface area contributed by atoms with Crippen molar-refractivity contribution in [2.75, 3.05) is 44.7 Å². The van der Waals surface area contributed by atoms with E-state index in [1.165, 1.54) is 24.4 Å². The number of hydrogen-bond acceptors (Lipinski definition) is 9. The summed E-state index contributed by atoms with van der Waals surface area (Å²) in [5.41, 5.74) is 0.692. The fourth-order valence-electron chi connectivity index (χ4n) is 8.22. The van der Waals surface area contributed by atoms with Gasteiger partial charge in [-0.05, 0) is 63.2 Å². The highest BCUT2D eigenvalue weighted by Crippen LogP contribution is 2.41. The van der Waals surface area contributed by atoms with Crippen LogP contribution >= 0.6 is 0 Å². The van der Waals surface area contributed by atoms with Crippen LogP contribution in [-0.2, 0) is 4.79 Å². The third kappa shape index (κ3) is 6.42. The molecule has 0 bridgehead atoms. The molecule has 274 valence electrons. The monoisotopic (exact) mass is 726 g/mol. The number of rotatable bonds is 8. The fourth-order valence-corrected chi connectivity index (χ4v) is 8.22. The first-order chi connectivity index (χ1) is 25.5. The maximum atomic E-state index is 16.8. The largest absolute Gasteiger partial charge is 0.461 e. The number of anilines is 1. The predicted molar refractivity (Wildman–Crippen MR) is 193 cm³/mol. The normalized spacial score (nSPS) is 21.7. The second-order valence-corrected chi connectivity index (χ2v) is 14.3. The van der Waals surface area contributed by atoms with Crippen molar-refractivity contribution in [3.8, 4) is 17.3 Å². The Bertz CT molecular complexity index is 2270. The van der Waals surface area contributed by atoms with Gasteiger partial charge in [-0.3, -0.25) is 14.7 Å². The van der Waals surface area contributed by atoms with Gasteiger partial charge in [0.2, 0.25) is 5.91 Å². The zero-order valence-electron chi connectivity index (χ0n) is 29.6. The van der Waals surface area contributed by atoms with Gasteiger partial charge in [-0.1, -0.05) is 24.3 Å². The summed E-state index contributed by atoms with van der Waals surface area (Å²) >= 11 is 0. The van der Waals surface area contributed by atoms with Crippen molar-refractivity contribution in [3.05, 3.63) is 83.3 Å². The first-order valence-electron chi connectivity index (χ1n) is 17.8. The van der Waals surface area contributed by atoms with Gasteiger partial charge in [0, 0.05) is 68.1 Å². The molecule has 0 unspecified atom stereocenters. The number of carbonyl (C=O) groups excluding carboxylic acids is 1. The van der Waals surface area contributed by atoms with Gasteiger partial charge < -0.3 is 14.5 Å². The smallest absolute Gasteiger partial charge is 0.319 e. The summed E-state index contributed by atoms with van der Waals surface area (Å²) in [4.78, 5) is 41.3. The van der Waals surface area contributed by atoms with E-state index in [9.17, 15) is 13.6 Å². The van der Waals surface area contributed by atoms with Crippen molar-refractivity contribution in [2.45, 2.75) is 57.3 Å². The number of aryl methyl sites for hydroxylation is 2. The van der Waals surface area contributed by atoms with Crippen molar-refractivity contribution in [2.24, 2.45) is 0 Å². The van der Waals surface area contributed by atoms with E-state index >= 15 is 8.78 Å². The van der Waals surface area contributed by atoms with Crippen LogP contribution in [0.25, 0.3) is 39.0 Å². The molecule has 0 N–H and O–H groups in total. The summed E-state index contributed by atoms with van der Waals surface area (Å²) < 4.78 is 67.2. The molecule has 0 radical (unpaired) electrons. The lowest BCUT2D eigenvalue weighted by Crippen LogP contribution is -2.43. The van der Waals surface area contributed by atoms with Gasteiger partial charge in [-0.2, -0.15) is 9.97 Å². The Balaban J connectivity index is 1.14. The molecule has 3 aliphatic rings. The molecule has 14 heteroatoms. The molecule has 10 nitrogen and oxygen atoms in total. The molecule has 8 rings (SSSR count). The third-order valence-electron chi connectivity index (χ3n) is 10.8. The summed E-state index contributed by atoms with van der Waals surface area (Å²) in [6.07, 6.45) is 6.24. The Morgan fingerprint density at radius 3 is 2.74 bits per heavy atom. The number of halogens is 4. The number of benzene rings is 2. The summed E-state index contributed by atoms with van der Waals surface area (Å²) in [6, 6.07) is 8.68. The topological polar surface area (TPSA) is 100 Å². The molecule has 6 heterocycles. The maximum Gasteiger partial charge on any atom is 0.319 e. The minimum absolute atomic E-state index is 0.0700. The third-order valence-corrected chi connectivity index (χ3v) is 10.8. The first-order valence-corrected chi connectivity index (χ1v) is 17.8. The highest BCUT2D eigenvalue weighted by molar-refractivity contribution is 5.99. The van der Waals surface area contributed by atoms with Crippen LogP contribution in [0.1, 0.15) is 42.9 Å². The van der Waals surface area contributed by atoms with Crippen LogP contribution in [0.2, 0.25) is 0 Å². The van der Waals surface area contributed by atoms with Crippen LogP contribution in [0, 0.1) is 31.3 Å². The van der Waals surface area contributed by atoms with Gasteiger partial charge in [-0.15, -0.1) is 0 Å². The number of ether oxygens (including phenoxy) is 1. The average molecular weight is 727 g/mol. The summed E-state index contributed by atoms with van der Waals surface area (Å²) in [5.74, 6) is -2.25. The Hall–Kier alpha value is -5.24. The maximum absolute atomic E-state index is 16.8. The molecular formula is C39H38F4N8O2. The lowest BCUT2D eigenvalue weighted by molar-refractivity contribution is -0.124. The number of aromatic nitrogens is 5. The Morgan fingerprint density at radius 1 is 1.06 bits per heavy atom. The molecule has 3 aliphatic heterocycles. The van der Waals surface area contributed by atoms with Crippen LogP contribution in [0.4, 0.5) is 23.4 Å². The number of pyridine rings is 1. The number of likely N-dealkylation sites (tertiary alicyclic amines) is 1. The molecule has 3 fully saturated rings. The highest BCUT2D eigenvalue weighted by atomic mass is 19.2. The van der Waals surface area contributed by atoms with Gasteiger partial charge in [0.15, 0.2) is 17.5 Å². The van der Waals surface area contributed by atoms with Crippen LogP contribution in [-0.4, -0.2) is 98.2 Å².